The van der Waals surface area contributed by atoms with Crippen LogP contribution in [-0.2, 0) is 24.0 Å². The molecular weight excluding hydrogens is 236 g/mol. The van der Waals surface area contributed by atoms with Crippen molar-refractivity contribution in [2.75, 3.05) is 13.2 Å². The summed E-state index contributed by atoms with van der Waals surface area (Å²) in [5.41, 5.74) is 0. The number of benzene rings is 1. The van der Waals surface area contributed by atoms with Crippen molar-refractivity contribution in [1.29, 1.82) is 0 Å². The molecule has 90 valence electrons. The maximum atomic E-state index is 6.03. The van der Waals surface area contributed by atoms with Gasteiger partial charge in [0.2, 0.25) is 0 Å². The van der Waals surface area contributed by atoms with Crippen LogP contribution in [0.4, 0.5) is 0 Å². The molecule has 1 rings (SSSR count). The van der Waals surface area contributed by atoms with Gasteiger partial charge in [0.25, 0.3) is 0 Å². The minimum atomic E-state index is -2.71. The third-order valence-corrected chi connectivity index (χ3v) is 6.98. The summed E-state index contributed by atoms with van der Waals surface area (Å²) in [7, 11) is 0. The van der Waals surface area contributed by atoms with E-state index in [1.54, 1.807) is 0 Å². The van der Waals surface area contributed by atoms with Crippen molar-refractivity contribution >= 4 is 3.87 Å². The van der Waals surface area contributed by atoms with Gasteiger partial charge in [0.05, 0.1) is 0 Å². The molecule has 16 heavy (non-hydrogen) atoms. The fourth-order valence-electron chi connectivity index (χ4n) is 1.54. The molecule has 0 atom stereocenters. The first-order valence-corrected chi connectivity index (χ1v) is 9.68. The Morgan fingerprint density at radius 1 is 0.938 bits per heavy atom. The van der Waals surface area contributed by atoms with Crippen molar-refractivity contribution in [2.24, 2.45) is 0 Å². The Kier molecular flexibility index (Phi) is 6.29. The quantitative estimate of drug-likeness (QED) is 0.699. The molecule has 0 aliphatic heterocycles. The van der Waals surface area contributed by atoms with Crippen LogP contribution in [0.3, 0.4) is 0 Å². The molecule has 0 fully saturated rings. The van der Waals surface area contributed by atoms with E-state index in [1.165, 1.54) is 3.87 Å². The Balaban J connectivity index is 2.77. The normalized spacial score (nSPS) is 11.7. The Labute approximate surface area is 103 Å². The molecule has 0 amide bonds. The summed E-state index contributed by atoms with van der Waals surface area (Å²) in [4.78, 5) is 0. The number of rotatable bonds is 7. The van der Waals surface area contributed by atoms with Crippen LogP contribution >= 0.6 is 0 Å². The number of hydrogen-bond donors (Lipinski definition) is 0. The van der Waals surface area contributed by atoms with Gasteiger partial charge < -0.3 is 0 Å². The molecular formula is C13H22O2Ti. The van der Waals surface area contributed by atoms with E-state index in [9.17, 15) is 0 Å². The average Bonchev–Trinajstić information content (AvgIpc) is 2.35. The van der Waals surface area contributed by atoms with Gasteiger partial charge in [-0.1, -0.05) is 0 Å². The minimum absolute atomic E-state index is 0.801. The van der Waals surface area contributed by atoms with Crippen LogP contribution in [0.25, 0.3) is 0 Å². The molecule has 0 saturated carbocycles. The van der Waals surface area contributed by atoms with Crippen LogP contribution in [0.1, 0.15) is 26.7 Å². The van der Waals surface area contributed by atoms with Crippen LogP contribution in [0.15, 0.2) is 30.3 Å². The van der Waals surface area contributed by atoms with Gasteiger partial charge in [-0.2, -0.15) is 0 Å². The monoisotopic (exact) mass is 258 g/mol. The van der Waals surface area contributed by atoms with E-state index in [2.05, 4.69) is 43.3 Å². The van der Waals surface area contributed by atoms with Crippen molar-refractivity contribution in [3.8, 4) is 0 Å². The van der Waals surface area contributed by atoms with Gasteiger partial charge in [0, 0.05) is 0 Å². The predicted octanol–water partition coefficient (Wildman–Crippen LogP) is 3.20. The molecule has 0 bridgehead atoms. The summed E-state index contributed by atoms with van der Waals surface area (Å²) >= 11 is -2.71. The van der Waals surface area contributed by atoms with Crippen molar-refractivity contribution in [1.82, 2.24) is 0 Å². The molecule has 3 heteroatoms. The second-order valence-electron chi connectivity index (χ2n) is 4.01. The van der Waals surface area contributed by atoms with Gasteiger partial charge in [-0.05, 0) is 0 Å². The molecule has 0 heterocycles. The fourth-order valence-corrected chi connectivity index (χ4v) is 5.29. The summed E-state index contributed by atoms with van der Waals surface area (Å²) in [6, 6.07) is 10.4. The molecule has 1 aromatic rings. The van der Waals surface area contributed by atoms with Gasteiger partial charge in [-0.3, -0.25) is 0 Å². The van der Waals surface area contributed by atoms with Gasteiger partial charge in [-0.25, -0.2) is 0 Å². The van der Waals surface area contributed by atoms with E-state index < -0.39 is 17.4 Å². The van der Waals surface area contributed by atoms with Crippen LogP contribution in [0.2, 0.25) is 5.23 Å². The zero-order valence-corrected chi connectivity index (χ0v) is 12.1. The maximum absolute atomic E-state index is 6.03. The summed E-state index contributed by atoms with van der Waals surface area (Å²) in [6.45, 7) is 5.87. The molecule has 0 radical (unpaired) electrons. The van der Waals surface area contributed by atoms with Gasteiger partial charge in [0.15, 0.2) is 0 Å². The molecule has 0 spiro atoms. The molecule has 0 aliphatic rings. The summed E-state index contributed by atoms with van der Waals surface area (Å²) in [6.07, 6.45) is 2.09. The van der Waals surface area contributed by atoms with Crippen LogP contribution < -0.4 is 3.87 Å². The van der Waals surface area contributed by atoms with Crippen molar-refractivity contribution < 1.29 is 24.0 Å². The molecule has 1 aromatic carbocycles. The second-order valence-corrected chi connectivity index (χ2v) is 8.77. The van der Waals surface area contributed by atoms with E-state index in [-0.39, 0.29) is 0 Å². The van der Waals surface area contributed by atoms with Crippen molar-refractivity contribution in [2.45, 2.75) is 31.9 Å². The summed E-state index contributed by atoms with van der Waals surface area (Å²) < 4.78 is 13.3. The van der Waals surface area contributed by atoms with E-state index in [0.29, 0.717) is 0 Å². The average molecular weight is 258 g/mol. The van der Waals surface area contributed by atoms with Gasteiger partial charge in [0.1, 0.15) is 0 Å². The van der Waals surface area contributed by atoms with E-state index in [4.69, 9.17) is 6.64 Å². The van der Waals surface area contributed by atoms with Crippen molar-refractivity contribution in [3.63, 3.8) is 0 Å². The topological polar surface area (TPSA) is 18.5 Å². The van der Waals surface area contributed by atoms with Crippen LogP contribution in [-0.4, -0.2) is 13.2 Å². The van der Waals surface area contributed by atoms with Crippen LogP contribution in [0, 0.1) is 0 Å². The van der Waals surface area contributed by atoms with Crippen molar-refractivity contribution in [3.05, 3.63) is 30.3 Å². The first-order valence-electron chi connectivity index (χ1n) is 6.06. The van der Waals surface area contributed by atoms with E-state index in [1.807, 2.05) is 6.07 Å². The van der Waals surface area contributed by atoms with Gasteiger partial charge in [-0.15, -0.1) is 0 Å². The molecule has 2 nitrogen and oxygen atoms in total. The predicted molar refractivity (Wildman–Crippen MR) is 64.4 cm³/mol. The Bertz CT molecular complexity index is 279. The Morgan fingerprint density at radius 2 is 1.44 bits per heavy atom. The molecule has 0 N–H and O–H groups in total. The Hall–Kier alpha value is -0.146. The molecule has 0 aliphatic carbocycles. The second kappa shape index (κ2) is 7.23. The first-order chi connectivity index (χ1) is 7.73. The third-order valence-electron chi connectivity index (χ3n) is 2.46. The zero-order valence-electron chi connectivity index (χ0n) is 10.5. The SMILES string of the molecule is CCC[O][Ti]([CH3])([O]CCC)[c]1ccccc1. The molecule has 0 saturated heterocycles. The standard InChI is InChI=1S/C6H5.2C3H7O.CH3.Ti/c1-2-4-6-5-3-1;2*1-2-3-4;;/h1-5H;2*2-3H2,1H3;1H3;/q;2*-1;;+2. The number of hydrogen-bond acceptors (Lipinski definition) is 2. The van der Waals surface area contributed by atoms with E-state index in [0.717, 1.165) is 26.1 Å². The summed E-state index contributed by atoms with van der Waals surface area (Å²) in [5.74, 6) is 0. The summed E-state index contributed by atoms with van der Waals surface area (Å²) in [5, 5.41) is 2.18. The first kappa shape index (κ1) is 13.9. The fraction of sp³-hybridized carbons (Fsp3) is 0.538. The van der Waals surface area contributed by atoms with E-state index >= 15 is 0 Å². The molecule has 0 aromatic heterocycles. The Morgan fingerprint density at radius 3 is 1.88 bits per heavy atom. The van der Waals surface area contributed by atoms with Crippen LogP contribution in [0.5, 0.6) is 0 Å². The third kappa shape index (κ3) is 4.02. The zero-order chi connectivity index (χ0) is 11.9. The van der Waals surface area contributed by atoms with Gasteiger partial charge >= 0.3 is 103 Å². The molecule has 0 unspecified atom stereocenters.